The zero-order valence-electron chi connectivity index (χ0n) is 9.99. The van der Waals surface area contributed by atoms with Gasteiger partial charge >= 0.3 is 0 Å². The van der Waals surface area contributed by atoms with Gasteiger partial charge in [0.25, 0.3) is 0 Å². The predicted molar refractivity (Wildman–Crippen MR) is 64.9 cm³/mol. The first kappa shape index (κ1) is 15.7. The molecule has 2 radical (unpaired) electrons. The molecule has 0 spiro atoms. The van der Waals surface area contributed by atoms with Crippen LogP contribution < -0.4 is 5.11 Å². The summed E-state index contributed by atoms with van der Waals surface area (Å²) < 4.78 is 0. The Morgan fingerprint density at radius 1 is 1.25 bits per heavy atom. The topological polar surface area (TPSA) is 40.1 Å². The maximum absolute atomic E-state index is 10.6. The quantitative estimate of drug-likeness (QED) is 0.756. The van der Waals surface area contributed by atoms with Crippen LogP contribution in [-0.2, 0) is 4.79 Å². The van der Waals surface area contributed by atoms with Gasteiger partial charge in [-0.2, -0.15) is 0 Å². The van der Waals surface area contributed by atoms with Gasteiger partial charge in [-0.3, -0.25) is 0 Å². The molecule has 0 aliphatic carbocycles. The smallest absolute Gasteiger partial charge is 0.0486 e. The van der Waals surface area contributed by atoms with E-state index in [1.165, 1.54) is 5.57 Å². The van der Waals surface area contributed by atoms with E-state index >= 15 is 0 Å². The molecule has 0 aliphatic rings. The molecule has 0 aromatic heterocycles. The summed E-state index contributed by atoms with van der Waals surface area (Å²) in [5.41, 5.74) is 3.08. The van der Waals surface area contributed by atoms with E-state index in [1.54, 1.807) is 6.92 Å². The van der Waals surface area contributed by atoms with E-state index in [9.17, 15) is 9.90 Å². The summed E-state index contributed by atoms with van der Waals surface area (Å²) in [5, 5.41) is 10.6. The molecule has 0 amide bonds. The van der Waals surface area contributed by atoms with Gasteiger partial charge in [-0.1, -0.05) is 42.8 Å². The van der Waals surface area contributed by atoms with E-state index in [0.717, 1.165) is 11.1 Å². The van der Waals surface area contributed by atoms with Crippen LogP contribution in [0.5, 0.6) is 0 Å². The maximum Gasteiger partial charge on any atom is 0.0486 e. The summed E-state index contributed by atoms with van der Waals surface area (Å²) >= 11 is 0. The van der Waals surface area contributed by atoms with Crippen LogP contribution in [0.15, 0.2) is 29.8 Å². The van der Waals surface area contributed by atoms with Gasteiger partial charge in [0.1, 0.15) is 0 Å². The second kappa shape index (κ2) is 7.10. The van der Waals surface area contributed by atoms with E-state index in [4.69, 9.17) is 0 Å². The van der Waals surface area contributed by atoms with Crippen LogP contribution in [-0.4, -0.2) is 43.7 Å². The Morgan fingerprint density at radius 3 is 2.12 bits per heavy atom. The minimum Gasteiger partial charge on any atom is -0.550 e. The van der Waals surface area contributed by atoms with Gasteiger partial charge < -0.3 is 9.90 Å². The molecule has 0 saturated carbocycles. The molecule has 1 atom stereocenters. The van der Waals surface area contributed by atoms with Gasteiger partial charge in [0, 0.05) is 49.6 Å². The largest absolute Gasteiger partial charge is 0.550 e. The van der Waals surface area contributed by atoms with Crippen molar-refractivity contribution in [3.63, 3.8) is 0 Å². The number of hydrogen-bond donors (Lipinski definition) is 0. The Kier molecular flexibility index (Phi) is 6.96. The van der Waals surface area contributed by atoms with Gasteiger partial charge in [0.2, 0.25) is 0 Å². The zero-order chi connectivity index (χ0) is 11.4. The number of carboxylic acids is 1. The number of carboxylic acid groups (broad SMARTS) is 1. The van der Waals surface area contributed by atoms with E-state index in [1.807, 2.05) is 44.2 Å². The molecule has 0 heterocycles. The molecule has 1 rings (SSSR count). The number of aliphatic carboxylic acids is 1. The van der Waals surface area contributed by atoms with E-state index in [-0.39, 0.29) is 37.7 Å². The van der Waals surface area contributed by atoms with Crippen LogP contribution in [0.1, 0.15) is 37.8 Å². The predicted octanol–water partition coefficient (Wildman–Crippen LogP) is 1.58. The van der Waals surface area contributed by atoms with Crippen LogP contribution in [0.25, 0.3) is 6.08 Å². The van der Waals surface area contributed by atoms with Crippen molar-refractivity contribution in [3.8, 4) is 0 Å². The summed E-state index contributed by atoms with van der Waals surface area (Å²) in [5.74, 6) is -1.59. The van der Waals surface area contributed by atoms with Gasteiger partial charge in [-0.05, 0) is 25.0 Å². The van der Waals surface area contributed by atoms with Crippen molar-refractivity contribution < 1.29 is 9.90 Å². The number of carbonyl (C=O) groups excluding carboxylic acids is 1. The van der Waals surface area contributed by atoms with Gasteiger partial charge in [-0.25, -0.2) is 0 Å². The van der Waals surface area contributed by atoms with Crippen LogP contribution >= 0.6 is 0 Å². The van der Waals surface area contributed by atoms with Crippen molar-refractivity contribution >= 4 is 49.8 Å². The number of allylic oxidation sites excluding steroid dienone is 1. The first-order valence-corrected chi connectivity index (χ1v) is 4.96. The minimum absolute atomic E-state index is 0. The number of carbonyl (C=O) groups is 1. The standard InChI is InChI=1S/C13H16O2.Ca/c1-9(2)8-11-4-6-12(7-5-11)10(3)13(14)15;/h4-8,10H,1-3H3,(H,14,15);/p-1. The summed E-state index contributed by atoms with van der Waals surface area (Å²) in [4.78, 5) is 10.6. The molecule has 0 bridgehead atoms. The number of hydrogen-bond acceptors (Lipinski definition) is 2. The van der Waals surface area contributed by atoms with Crippen molar-refractivity contribution in [3.05, 3.63) is 41.0 Å². The normalized spacial score (nSPS) is 11.2. The fourth-order valence-corrected chi connectivity index (χ4v) is 1.35. The third kappa shape index (κ3) is 4.69. The van der Waals surface area contributed by atoms with Crippen molar-refractivity contribution in [2.75, 3.05) is 0 Å². The Balaban J connectivity index is 0.00000225. The summed E-state index contributed by atoms with van der Waals surface area (Å²) in [6.07, 6.45) is 2.05. The average Bonchev–Trinajstić information content (AvgIpc) is 2.17. The molecule has 0 N–H and O–H groups in total. The molecular formula is C13H15CaO2-. The Bertz CT molecular complexity index is 375. The van der Waals surface area contributed by atoms with Gasteiger partial charge in [-0.15, -0.1) is 0 Å². The summed E-state index contributed by atoms with van der Waals surface area (Å²) in [7, 11) is 0. The minimum atomic E-state index is -1.04. The van der Waals surface area contributed by atoms with Crippen molar-refractivity contribution in [2.24, 2.45) is 0 Å². The van der Waals surface area contributed by atoms with Crippen molar-refractivity contribution in [1.29, 1.82) is 0 Å². The fraction of sp³-hybridized carbons (Fsp3) is 0.308. The SMILES string of the molecule is CC(C)=Cc1ccc(C(C)C(=O)[O-])cc1.[Ca]. The third-order valence-electron chi connectivity index (χ3n) is 2.25. The van der Waals surface area contributed by atoms with Crippen LogP contribution in [0.3, 0.4) is 0 Å². The molecule has 3 heteroatoms. The average molecular weight is 243 g/mol. The molecule has 82 valence electrons. The van der Waals surface area contributed by atoms with E-state index < -0.39 is 11.9 Å². The second-order valence-corrected chi connectivity index (χ2v) is 3.93. The monoisotopic (exact) mass is 243 g/mol. The molecule has 0 aliphatic heterocycles. The van der Waals surface area contributed by atoms with Crippen molar-refractivity contribution in [1.82, 2.24) is 0 Å². The first-order chi connectivity index (χ1) is 7.00. The van der Waals surface area contributed by atoms with Gasteiger partial charge in [0.15, 0.2) is 0 Å². The molecule has 1 unspecified atom stereocenters. The molecule has 1 aromatic rings. The fourth-order valence-electron chi connectivity index (χ4n) is 1.35. The summed E-state index contributed by atoms with van der Waals surface area (Å²) in [6, 6.07) is 7.49. The third-order valence-corrected chi connectivity index (χ3v) is 2.25. The van der Waals surface area contributed by atoms with Crippen molar-refractivity contribution in [2.45, 2.75) is 26.7 Å². The van der Waals surface area contributed by atoms with Crippen LogP contribution in [0.2, 0.25) is 0 Å². The number of benzene rings is 1. The molecular weight excluding hydrogens is 228 g/mol. The number of rotatable bonds is 3. The molecule has 2 nitrogen and oxygen atoms in total. The van der Waals surface area contributed by atoms with Gasteiger partial charge in [0.05, 0.1) is 0 Å². The Hall–Kier alpha value is -0.310. The van der Waals surface area contributed by atoms with Crippen LogP contribution in [0.4, 0.5) is 0 Å². The van der Waals surface area contributed by atoms with E-state index in [0.29, 0.717) is 0 Å². The Morgan fingerprint density at radius 2 is 1.75 bits per heavy atom. The Labute approximate surface area is 126 Å². The molecule has 1 aromatic carbocycles. The first-order valence-electron chi connectivity index (χ1n) is 4.96. The maximum atomic E-state index is 10.6. The second-order valence-electron chi connectivity index (χ2n) is 3.93. The zero-order valence-corrected chi connectivity index (χ0v) is 12.2. The molecule has 0 fully saturated rings. The molecule has 16 heavy (non-hydrogen) atoms. The van der Waals surface area contributed by atoms with E-state index in [2.05, 4.69) is 0 Å². The summed E-state index contributed by atoms with van der Waals surface area (Å²) in [6.45, 7) is 5.68. The van der Waals surface area contributed by atoms with Crippen LogP contribution in [0, 0.1) is 0 Å². The molecule has 0 saturated heterocycles.